The summed E-state index contributed by atoms with van der Waals surface area (Å²) in [6.07, 6.45) is 17.6. The van der Waals surface area contributed by atoms with E-state index in [4.69, 9.17) is 14.9 Å². The third-order valence-electron chi connectivity index (χ3n) is 5.55. The lowest BCUT2D eigenvalue weighted by atomic mass is 9.99. The number of aliphatic carboxylic acids is 1. The number of aliphatic hydroxyl groups is 2. The van der Waals surface area contributed by atoms with Crippen LogP contribution < -0.4 is 0 Å². The Morgan fingerprint density at radius 3 is 1.97 bits per heavy atom. The number of carbonyl (C=O) groups is 1. The number of hydrogen-bond acceptors (Lipinski definition) is 4. The lowest BCUT2D eigenvalue weighted by Gasteiger charge is -2.24. The topological polar surface area (TPSA) is 87.0 Å². The summed E-state index contributed by atoms with van der Waals surface area (Å²) < 4.78 is 6.05. The molecule has 0 rings (SSSR count). The van der Waals surface area contributed by atoms with E-state index in [0.29, 0.717) is 6.61 Å². The van der Waals surface area contributed by atoms with Crippen LogP contribution in [-0.4, -0.2) is 46.7 Å². The molecule has 3 N–H and O–H groups in total. The lowest BCUT2D eigenvalue weighted by molar-refractivity contribution is -0.137. The number of aliphatic hydroxyl groups excluding tert-OH is 2. The first-order valence-electron chi connectivity index (χ1n) is 12.2. The van der Waals surface area contributed by atoms with Crippen LogP contribution in [0, 0.1) is 0 Å². The molecule has 0 aromatic heterocycles. The average Bonchev–Trinajstić information content (AvgIpc) is 2.70. The summed E-state index contributed by atoms with van der Waals surface area (Å²) in [5, 5.41) is 28.1. The Balaban J connectivity index is 4.04. The van der Waals surface area contributed by atoms with Gasteiger partial charge in [0.2, 0.25) is 0 Å². The van der Waals surface area contributed by atoms with E-state index in [-0.39, 0.29) is 25.2 Å². The number of hydrogen-bond donors (Lipinski definition) is 3. The highest BCUT2D eigenvalue weighted by atomic mass is 16.5. The molecule has 29 heavy (non-hydrogen) atoms. The fraction of sp³-hybridized carbons (Fsp3) is 0.958. The van der Waals surface area contributed by atoms with Crippen LogP contribution in [0.4, 0.5) is 0 Å². The standard InChI is InChI=1S/C24H48O5/c1-2-3-4-5-7-12-17-22(26)23(29-21-16-11-10-15-20-25)18-13-8-6-9-14-19-24(27)28/h22-23,25-26H,2-21H2,1H3,(H,27,28). The minimum Gasteiger partial charge on any atom is -0.481 e. The first-order chi connectivity index (χ1) is 14.1. The molecule has 2 unspecified atom stereocenters. The van der Waals surface area contributed by atoms with E-state index in [1.165, 1.54) is 32.1 Å². The third-order valence-corrected chi connectivity index (χ3v) is 5.55. The van der Waals surface area contributed by atoms with E-state index in [1.807, 2.05) is 0 Å². The van der Waals surface area contributed by atoms with Crippen LogP contribution in [0.2, 0.25) is 0 Å². The van der Waals surface area contributed by atoms with Gasteiger partial charge < -0.3 is 20.1 Å². The van der Waals surface area contributed by atoms with Crippen molar-refractivity contribution < 1.29 is 24.9 Å². The van der Waals surface area contributed by atoms with E-state index in [9.17, 15) is 9.90 Å². The van der Waals surface area contributed by atoms with Gasteiger partial charge in [0, 0.05) is 19.6 Å². The zero-order chi connectivity index (χ0) is 21.6. The Morgan fingerprint density at radius 2 is 1.31 bits per heavy atom. The summed E-state index contributed by atoms with van der Waals surface area (Å²) in [7, 11) is 0. The highest BCUT2D eigenvalue weighted by Gasteiger charge is 2.19. The molecule has 0 spiro atoms. The third kappa shape index (κ3) is 20.4. The van der Waals surface area contributed by atoms with Gasteiger partial charge in [-0.1, -0.05) is 84.0 Å². The summed E-state index contributed by atoms with van der Waals surface area (Å²) in [6, 6.07) is 0. The van der Waals surface area contributed by atoms with Gasteiger partial charge in [-0.05, 0) is 32.1 Å². The van der Waals surface area contributed by atoms with E-state index in [0.717, 1.165) is 77.0 Å². The smallest absolute Gasteiger partial charge is 0.303 e. The van der Waals surface area contributed by atoms with Crippen molar-refractivity contribution in [3.63, 3.8) is 0 Å². The van der Waals surface area contributed by atoms with Crippen molar-refractivity contribution in [2.45, 2.75) is 135 Å². The summed E-state index contributed by atoms with van der Waals surface area (Å²) >= 11 is 0. The van der Waals surface area contributed by atoms with Crippen LogP contribution >= 0.6 is 0 Å². The van der Waals surface area contributed by atoms with E-state index in [2.05, 4.69) is 6.92 Å². The maximum absolute atomic E-state index is 10.6. The van der Waals surface area contributed by atoms with E-state index >= 15 is 0 Å². The number of rotatable bonds is 23. The summed E-state index contributed by atoms with van der Waals surface area (Å²) in [5.74, 6) is -0.713. The van der Waals surface area contributed by atoms with Gasteiger partial charge in [0.25, 0.3) is 0 Å². The maximum Gasteiger partial charge on any atom is 0.303 e. The molecular formula is C24H48O5. The highest BCUT2D eigenvalue weighted by Crippen LogP contribution is 2.18. The second kappa shape index (κ2) is 22.0. The molecular weight excluding hydrogens is 368 g/mol. The molecule has 0 bridgehead atoms. The van der Waals surface area contributed by atoms with E-state index < -0.39 is 5.97 Å². The van der Waals surface area contributed by atoms with Crippen LogP contribution in [-0.2, 0) is 9.53 Å². The molecule has 174 valence electrons. The second-order valence-electron chi connectivity index (χ2n) is 8.37. The van der Waals surface area contributed by atoms with Gasteiger partial charge in [-0.3, -0.25) is 4.79 Å². The Labute approximate surface area is 179 Å². The molecule has 2 atom stereocenters. The van der Waals surface area contributed by atoms with Crippen LogP contribution in [0.15, 0.2) is 0 Å². The molecule has 0 aliphatic carbocycles. The minimum absolute atomic E-state index is 0.0810. The van der Waals surface area contributed by atoms with Crippen LogP contribution in [0.5, 0.6) is 0 Å². The van der Waals surface area contributed by atoms with Crippen LogP contribution in [0.25, 0.3) is 0 Å². The maximum atomic E-state index is 10.6. The quantitative estimate of drug-likeness (QED) is 0.182. The zero-order valence-electron chi connectivity index (χ0n) is 19.0. The van der Waals surface area contributed by atoms with Gasteiger partial charge >= 0.3 is 5.97 Å². The van der Waals surface area contributed by atoms with Crippen LogP contribution in [0.3, 0.4) is 0 Å². The van der Waals surface area contributed by atoms with Crippen molar-refractivity contribution in [1.29, 1.82) is 0 Å². The fourth-order valence-electron chi connectivity index (χ4n) is 3.66. The highest BCUT2D eigenvalue weighted by molar-refractivity contribution is 5.66. The molecule has 0 fully saturated rings. The minimum atomic E-state index is -0.713. The SMILES string of the molecule is CCCCCCCCC(O)C(CCCCCCCC(=O)O)OCCCCCCO. The van der Waals surface area contributed by atoms with Crippen molar-refractivity contribution in [3.05, 3.63) is 0 Å². The summed E-state index contributed by atoms with van der Waals surface area (Å²) in [4.78, 5) is 10.5. The van der Waals surface area contributed by atoms with E-state index in [1.54, 1.807) is 0 Å². The molecule has 0 heterocycles. The first-order valence-corrected chi connectivity index (χ1v) is 12.2. The second-order valence-corrected chi connectivity index (χ2v) is 8.37. The molecule has 0 saturated carbocycles. The monoisotopic (exact) mass is 416 g/mol. The van der Waals surface area contributed by atoms with Gasteiger partial charge in [0.05, 0.1) is 12.2 Å². The van der Waals surface area contributed by atoms with Gasteiger partial charge in [0.15, 0.2) is 0 Å². The summed E-state index contributed by atoms with van der Waals surface area (Å²) in [6.45, 7) is 3.16. The average molecular weight is 417 g/mol. The molecule has 0 radical (unpaired) electrons. The molecule has 0 aliphatic heterocycles. The molecule has 0 aromatic rings. The van der Waals surface area contributed by atoms with Crippen molar-refractivity contribution in [1.82, 2.24) is 0 Å². The number of carboxylic acid groups (broad SMARTS) is 1. The molecule has 5 heteroatoms. The normalized spacial score (nSPS) is 13.5. The lowest BCUT2D eigenvalue weighted by Crippen LogP contribution is -2.29. The zero-order valence-corrected chi connectivity index (χ0v) is 19.0. The Hall–Kier alpha value is -0.650. The van der Waals surface area contributed by atoms with Gasteiger partial charge in [-0.25, -0.2) is 0 Å². The van der Waals surface area contributed by atoms with Gasteiger partial charge in [0.1, 0.15) is 0 Å². The molecule has 0 amide bonds. The van der Waals surface area contributed by atoms with Crippen molar-refractivity contribution in [3.8, 4) is 0 Å². The summed E-state index contributed by atoms with van der Waals surface area (Å²) in [5.41, 5.74) is 0. The molecule has 0 aliphatic rings. The number of ether oxygens (including phenoxy) is 1. The van der Waals surface area contributed by atoms with Gasteiger partial charge in [-0.2, -0.15) is 0 Å². The molecule has 0 saturated heterocycles. The number of unbranched alkanes of at least 4 members (excludes halogenated alkanes) is 12. The van der Waals surface area contributed by atoms with Gasteiger partial charge in [-0.15, -0.1) is 0 Å². The van der Waals surface area contributed by atoms with Crippen LogP contribution in [0.1, 0.15) is 122 Å². The largest absolute Gasteiger partial charge is 0.481 e. The van der Waals surface area contributed by atoms with Crippen molar-refractivity contribution in [2.75, 3.05) is 13.2 Å². The predicted molar refractivity (Wildman–Crippen MR) is 119 cm³/mol. The van der Waals surface area contributed by atoms with Crippen molar-refractivity contribution in [2.24, 2.45) is 0 Å². The Kier molecular flexibility index (Phi) is 21.6. The molecule has 5 nitrogen and oxygen atoms in total. The first kappa shape index (κ1) is 28.4. The van der Waals surface area contributed by atoms with Crippen molar-refractivity contribution >= 4 is 5.97 Å². The Bertz CT molecular complexity index is 348. The Morgan fingerprint density at radius 1 is 0.759 bits per heavy atom. The molecule has 0 aromatic carbocycles. The fourth-order valence-corrected chi connectivity index (χ4v) is 3.66. The number of carboxylic acids is 1. The predicted octanol–water partition coefficient (Wildman–Crippen LogP) is 5.85.